The van der Waals surface area contributed by atoms with E-state index in [-0.39, 0.29) is 18.1 Å². The minimum Gasteiger partial charge on any atom is -0.619 e. The molecule has 0 saturated carbocycles. The van der Waals surface area contributed by atoms with Crippen LogP contribution in [-0.2, 0) is 0 Å². The topological polar surface area (TPSA) is 70.1 Å². The monoisotopic (exact) mass is 176 g/mol. The quantitative estimate of drug-likeness (QED) is 0.273. The summed E-state index contributed by atoms with van der Waals surface area (Å²) in [6.07, 6.45) is 2.16. The lowest BCUT2D eigenvalue weighted by Gasteiger charge is -1.91. The molecule has 0 aromatic carbocycles. The molecule has 1 aromatic heterocycles. The summed E-state index contributed by atoms with van der Waals surface area (Å²) in [6.45, 7) is 0. The van der Waals surface area contributed by atoms with Gasteiger partial charge in [0.25, 0.3) is 5.69 Å². The predicted octanol–water partition coefficient (Wildman–Crippen LogP) is 0.650. The SMILES string of the molecule is Cl.O=[N+]([O-])c1cc[n+]([O-])cc1. The van der Waals surface area contributed by atoms with Gasteiger partial charge in [0.15, 0.2) is 12.4 Å². The number of nitrogens with zero attached hydrogens (tertiary/aromatic N) is 2. The number of hydrogen-bond donors (Lipinski definition) is 0. The first-order valence-electron chi connectivity index (χ1n) is 2.53. The molecule has 5 nitrogen and oxygen atoms in total. The fourth-order valence-corrected chi connectivity index (χ4v) is 0.527. The summed E-state index contributed by atoms with van der Waals surface area (Å²) < 4.78 is 0.493. The maximum atomic E-state index is 10.3. The number of aromatic nitrogens is 1. The molecule has 0 spiro atoms. The minimum absolute atomic E-state index is 0. The largest absolute Gasteiger partial charge is 0.619 e. The molecule has 11 heavy (non-hydrogen) atoms. The number of halogens is 1. The molecule has 0 fully saturated rings. The Bertz CT molecular complexity index is 248. The van der Waals surface area contributed by atoms with Crippen LogP contribution in [0.4, 0.5) is 5.69 Å². The van der Waals surface area contributed by atoms with E-state index >= 15 is 0 Å². The Morgan fingerprint density at radius 3 is 2.18 bits per heavy atom. The van der Waals surface area contributed by atoms with Gasteiger partial charge >= 0.3 is 0 Å². The van der Waals surface area contributed by atoms with Crippen molar-refractivity contribution in [1.82, 2.24) is 0 Å². The Hall–Kier alpha value is -1.36. The molecule has 1 heterocycles. The average molecular weight is 177 g/mol. The zero-order chi connectivity index (χ0) is 7.56. The van der Waals surface area contributed by atoms with Crippen LogP contribution in [0, 0.1) is 15.3 Å². The maximum absolute atomic E-state index is 10.3. The summed E-state index contributed by atoms with van der Waals surface area (Å²) in [7, 11) is 0. The van der Waals surface area contributed by atoms with E-state index in [0.717, 1.165) is 24.5 Å². The highest BCUT2D eigenvalue weighted by molar-refractivity contribution is 5.85. The average Bonchev–Trinajstić information content (AvgIpc) is 1.88. The third-order valence-corrected chi connectivity index (χ3v) is 0.995. The Kier molecular flexibility index (Phi) is 3.26. The fraction of sp³-hybridized carbons (Fsp3) is 0. The standard InChI is InChI=1S/C5H4N2O3.ClH/c8-6-3-1-5(2-4-6)7(9)10;/h1-4H;1H. The van der Waals surface area contributed by atoms with Crippen LogP contribution in [0.2, 0.25) is 0 Å². The Balaban J connectivity index is 0.000001000. The van der Waals surface area contributed by atoms with Crippen LogP contribution in [0.5, 0.6) is 0 Å². The number of hydrogen-bond acceptors (Lipinski definition) is 3. The molecule has 0 radical (unpaired) electrons. The lowest BCUT2D eigenvalue weighted by atomic mass is 10.4. The van der Waals surface area contributed by atoms with Crippen molar-refractivity contribution in [2.24, 2.45) is 0 Å². The van der Waals surface area contributed by atoms with Crippen molar-refractivity contribution in [2.45, 2.75) is 0 Å². The first-order chi connectivity index (χ1) is 4.70. The summed E-state index contributed by atoms with van der Waals surface area (Å²) in [4.78, 5) is 9.45. The Morgan fingerprint density at radius 1 is 1.36 bits per heavy atom. The summed E-state index contributed by atoms with van der Waals surface area (Å²) in [5.74, 6) is 0. The van der Waals surface area contributed by atoms with Gasteiger partial charge in [-0.25, -0.2) is 0 Å². The van der Waals surface area contributed by atoms with E-state index < -0.39 is 4.92 Å². The van der Waals surface area contributed by atoms with Crippen LogP contribution in [-0.4, -0.2) is 4.92 Å². The van der Waals surface area contributed by atoms with Crippen LogP contribution in [0.1, 0.15) is 0 Å². The highest BCUT2D eigenvalue weighted by atomic mass is 35.5. The first kappa shape index (κ1) is 9.64. The van der Waals surface area contributed by atoms with Crippen LogP contribution in [0.25, 0.3) is 0 Å². The summed E-state index contributed by atoms with van der Waals surface area (Å²) in [6, 6.07) is 2.29. The van der Waals surface area contributed by atoms with Crippen molar-refractivity contribution in [1.29, 1.82) is 0 Å². The van der Waals surface area contributed by atoms with Gasteiger partial charge < -0.3 is 5.21 Å². The highest BCUT2D eigenvalue weighted by Gasteiger charge is 2.03. The lowest BCUT2D eigenvalue weighted by molar-refractivity contribution is -0.606. The number of nitro groups is 1. The molecule has 0 aliphatic carbocycles. The van der Waals surface area contributed by atoms with Crippen LogP contribution in [0.15, 0.2) is 24.5 Å². The van der Waals surface area contributed by atoms with Gasteiger partial charge in [0.2, 0.25) is 0 Å². The predicted molar refractivity (Wildman–Crippen MR) is 39.3 cm³/mol. The van der Waals surface area contributed by atoms with E-state index in [9.17, 15) is 15.3 Å². The normalized spacial score (nSPS) is 8.36. The highest BCUT2D eigenvalue weighted by Crippen LogP contribution is 2.04. The Morgan fingerprint density at radius 2 is 1.82 bits per heavy atom. The van der Waals surface area contributed by atoms with Gasteiger partial charge in [-0.1, -0.05) is 0 Å². The second kappa shape index (κ2) is 3.72. The van der Waals surface area contributed by atoms with Crippen molar-refractivity contribution in [3.05, 3.63) is 39.8 Å². The van der Waals surface area contributed by atoms with Gasteiger partial charge in [0.1, 0.15) is 0 Å². The van der Waals surface area contributed by atoms with Gasteiger partial charge in [0.05, 0.1) is 17.1 Å². The van der Waals surface area contributed by atoms with Gasteiger partial charge in [-0.05, 0) is 0 Å². The van der Waals surface area contributed by atoms with E-state index in [2.05, 4.69) is 0 Å². The molecule has 0 amide bonds. The van der Waals surface area contributed by atoms with E-state index in [0.29, 0.717) is 4.73 Å². The zero-order valence-corrected chi connectivity index (χ0v) is 6.15. The molecule has 1 rings (SSSR count). The summed E-state index contributed by atoms with van der Waals surface area (Å²) >= 11 is 0. The number of rotatable bonds is 1. The van der Waals surface area contributed by atoms with Crippen LogP contribution in [0.3, 0.4) is 0 Å². The van der Waals surface area contributed by atoms with E-state index in [1.807, 2.05) is 0 Å². The fourth-order valence-electron chi connectivity index (χ4n) is 0.527. The van der Waals surface area contributed by atoms with Gasteiger partial charge in [-0.2, -0.15) is 4.73 Å². The first-order valence-corrected chi connectivity index (χ1v) is 2.53. The third-order valence-electron chi connectivity index (χ3n) is 0.995. The maximum Gasteiger partial charge on any atom is 0.281 e. The van der Waals surface area contributed by atoms with Crippen molar-refractivity contribution in [3.8, 4) is 0 Å². The molecular weight excluding hydrogens is 172 g/mol. The van der Waals surface area contributed by atoms with Gasteiger partial charge in [-0.15, -0.1) is 12.4 Å². The molecule has 60 valence electrons. The van der Waals surface area contributed by atoms with E-state index in [1.54, 1.807) is 0 Å². The molecule has 0 N–H and O–H groups in total. The molecule has 1 aromatic rings. The minimum atomic E-state index is -0.556. The molecule has 0 saturated heterocycles. The smallest absolute Gasteiger partial charge is 0.281 e. The molecule has 6 heteroatoms. The molecule has 0 unspecified atom stereocenters. The molecule has 0 aliphatic rings. The van der Waals surface area contributed by atoms with Crippen molar-refractivity contribution in [3.63, 3.8) is 0 Å². The van der Waals surface area contributed by atoms with Crippen LogP contribution >= 0.6 is 12.4 Å². The molecular formula is C5H5ClN2O3. The third kappa shape index (κ3) is 2.38. The number of pyridine rings is 1. The second-order valence-electron chi connectivity index (χ2n) is 1.67. The van der Waals surface area contributed by atoms with Gasteiger partial charge in [-0.3, -0.25) is 10.1 Å². The van der Waals surface area contributed by atoms with E-state index in [1.165, 1.54) is 0 Å². The van der Waals surface area contributed by atoms with Crippen molar-refractivity contribution in [2.75, 3.05) is 0 Å². The van der Waals surface area contributed by atoms with Crippen LogP contribution < -0.4 is 4.73 Å². The second-order valence-corrected chi connectivity index (χ2v) is 1.67. The van der Waals surface area contributed by atoms with Gasteiger partial charge in [0, 0.05) is 0 Å². The molecule has 0 aliphatic heterocycles. The van der Waals surface area contributed by atoms with E-state index in [4.69, 9.17) is 0 Å². The summed E-state index contributed by atoms with van der Waals surface area (Å²) in [5, 5.41) is 20.3. The van der Waals surface area contributed by atoms with Crippen molar-refractivity contribution < 1.29 is 9.65 Å². The summed E-state index contributed by atoms with van der Waals surface area (Å²) in [5.41, 5.74) is -0.0768. The molecule has 0 atom stereocenters. The Labute approximate surface area is 68.4 Å². The zero-order valence-electron chi connectivity index (χ0n) is 5.34. The van der Waals surface area contributed by atoms with Crippen molar-refractivity contribution >= 4 is 18.1 Å². The molecule has 0 bridgehead atoms. The lowest BCUT2D eigenvalue weighted by Crippen LogP contribution is -2.23.